The summed E-state index contributed by atoms with van der Waals surface area (Å²) in [4.78, 5) is 21.7. The Morgan fingerprint density at radius 2 is 1.89 bits per heavy atom. The van der Waals surface area contributed by atoms with E-state index < -0.39 is 12.7 Å². The summed E-state index contributed by atoms with van der Waals surface area (Å²) >= 11 is 0. The van der Waals surface area contributed by atoms with Gasteiger partial charge in [-0.25, -0.2) is 0 Å². The van der Waals surface area contributed by atoms with E-state index in [1.165, 1.54) is 4.90 Å². The van der Waals surface area contributed by atoms with Gasteiger partial charge in [0.2, 0.25) is 5.91 Å². The van der Waals surface area contributed by atoms with Crippen LogP contribution in [-0.4, -0.2) is 92.1 Å². The highest BCUT2D eigenvalue weighted by Crippen LogP contribution is 2.22. The number of hydrogen-bond donors (Lipinski definition) is 1. The lowest BCUT2D eigenvalue weighted by molar-refractivity contribution is -0.143. The first-order valence-electron chi connectivity index (χ1n) is 9.26. The van der Waals surface area contributed by atoms with E-state index in [9.17, 15) is 18.0 Å². The summed E-state index contributed by atoms with van der Waals surface area (Å²) in [5.74, 6) is 0.750. The lowest BCUT2D eigenvalue weighted by Crippen LogP contribution is -2.45. The smallest absolute Gasteiger partial charge is 0.357 e. The second-order valence-corrected chi connectivity index (χ2v) is 6.62. The Balaban J connectivity index is 0.00000676. The van der Waals surface area contributed by atoms with Crippen LogP contribution in [0, 0.1) is 5.92 Å². The summed E-state index contributed by atoms with van der Waals surface area (Å²) in [7, 11) is 1.80. The van der Waals surface area contributed by atoms with E-state index in [-0.39, 0.29) is 42.3 Å². The van der Waals surface area contributed by atoms with Crippen molar-refractivity contribution in [2.45, 2.75) is 33.4 Å². The minimum Gasteiger partial charge on any atom is -0.357 e. The molecule has 10 heteroatoms. The van der Waals surface area contributed by atoms with E-state index in [0.29, 0.717) is 51.6 Å². The normalized spacial score (nSPS) is 18.2. The largest absolute Gasteiger partial charge is 0.401 e. The van der Waals surface area contributed by atoms with Crippen molar-refractivity contribution in [3.63, 3.8) is 0 Å². The molecule has 0 radical (unpaired) electrons. The van der Waals surface area contributed by atoms with Crippen LogP contribution in [0.4, 0.5) is 13.2 Å². The molecule has 1 aliphatic rings. The van der Waals surface area contributed by atoms with Crippen molar-refractivity contribution in [1.29, 1.82) is 0 Å². The molecular weight excluding hydrogens is 474 g/mol. The standard InChI is InChI=1S/C17H32F3N5O.HI/c1-5-21-16(23(4)12-15(26)25(6-2)7-3)22-10-14-8-9-24(11-14)13-17(18,19)20;/h14H,5-13H2,1-4H3,(H,21,22);1H. The van der Waals surface area contributed by atoms with E-state index in [1.54, 1.807) is 16.8 Å². The first-order chi connectivity index (χ1) is 12.2. The van der Waals surface area contributed by atoms with Crippen molar-refractivity contribution in [3.05, 3.63) is 0 Å². The second-order valence-electron chi connectivity index (χ2n) is 6.62. The van der Waals surface area contributed by atoms with E-state index in [0.717, 1.165) is 0 Å². The van der Waals surface area contributed by atoms with Gasteiger partial charge in [0.1, 0.15) is 0 Å². The lowest BCUT2D eigenvalue weighted by atomic mass is 10.1. The molecule has 160 valence electrons. The number of carbonyl (C=O) groups is 1. The molecular formula is C17H33F3IN5O. The maximum Gasteiger partial charge on any atom is 0.401 e. The Hall–Kier alpha value is -0.780. The van der Waals surface area contributed by atoms with Gasteiger partial charge in [-0.15, -0.1) is 24.0 Å². The summed E-state index contributed by atoms with van der Waals surface area (Å²) in [6, 6.07) is 0. The number of likely N-dealkylation sites (tertiary alicyclic amines) is 1. The zero-order valence-electron chi connectivity index (χ0n) is 16.7. The molecule has 1 amide bonds. The van der Waals surface area contributed by atoms with Crippen LogP contribution in [0.25, 0.3) is 0 Å². The van der Waals surface area contributed by atoms with Gasteiger partial charge in [0.15, 0.2) is 5.96 Å². The number of aliphatic imine (C=N–C) groups is 1. The quantitative estimate of drug-likeness (QED) is 0.311. The van der Waals surface area contributed by atoms with Crippen LogP contribution in [0.3, 0.4) is 0 Å². The van der Waals surface area contributed by atoms with Crippen molar-refractivity contribution in [3.8, 4) is 0 Å². The predicted octanol–water partition coefficient (Wildman–Crippen LogP) is 2.25. The van der Waals surface area contributed by atoms with Gasteiger partial charge in [0, 0.05) is 39.8 Å². The highest BCUT2D eigenvalue weighted by molar-refractivity contribution is 14.0. The topological polar surface area (TPSA) is 51.2 Å². The SMILES string of the molecule is CCNC(=NCC1CCN(CC(F)(F)F)C1)N(C)CC(=O)N(CC)CC.I. The van der Waals surface area contributed by atoms with Crippen LogP contribution < -0.4 is 5.32 Å². The van der Waals surface area contributed by atoms with Gasteiger partial charge >= 0.3 is 6.18 Å². The maximum absolute atomic E-state index is 12.5. The monoisotopic (exact) mass is 507 g/mol. The lowest BCUT2D eigenvalue weighted by Gasteiger charge is -2.26. The molecule has 0 saturated carbocycles. The molecule has 1 unspecified atom stereocenters. The third-order valence-corrected chi connectivity index (χ3v) is 4.46. The van der Waals surface area contributed by atoms with Crippen molar-refractivity contribution in [1.82, 2.24) is 20.0 Å². The fourth-order valence-electron chi connectivity index (χ4n) is 3.10. The molecule has 0 aromatic rings. The van der Waals surface area contributed by atoms with Crippen molar-refractivity contribution in [2.75, 3.05) is 59.4 Å². The Morgan fingerprint density at radius 1 is 1.26 bits per heavy atom. The molecule has 0 spiro atoms. The van der Waals surface area contributed by atoms with Crippen molar-refractivity contribution >= 4 is 35.8 Å². The number of nitrogens with zero attached hydrogens (tertiary/aromatic N) is 4. The van der Waals surface area contributed by atoms with Crippen LogP contribution in [0.2, 0.25) is 0 Å². The van der Waals surface area contributed by atoms with Crippen LogP contribution in [0.1, 0.15) is 27.2 Å². The number of amides is 1. The van der Waals surface area contributed by atoms with Gasteiger partial charge in [-0.3, -0.25) is 14.7 Å². The van der Waals surface area contributed by atoms with Gasteiger partial charge in [-0.2, -0.15) is 13.2 Å². The van der Waals surface area contributed by atoms with E-state index in [1.807, 2.05) is 20.8 Å². The molecule has 1 heterocycles. The third-order valence-electron chi connectivity index (χ3n) is 4.46. The van der Waals surface area contributed by atoms with Gasteiger partial charge in [-0.05, 0) is 39.7 Å². The number of carbonyl (C=O) groups excluding carboxylic acids is 1. The Labute approximate surface area is 177 Å². The molecule has 1 rings (SSSR count). The zero-order valence-corrected chi connectivity index (χ0v) is 19.0. The number of likely N-dealkylation sites (N-methyl/N-ethyl adjacent to an activating group) is 2. The molecule has 27 heavy (non-hydrogen) atoms. The number of halogens is 4. The van der Waals surface area contributed by atoms with Gasteiger partial charge < -0.3 is 15.1 Å². The summed E-state index contributed by atoms with van der Waals surface area (Å²) in [6.07, 6.45) is -3.45. The van der Waals surface area contributed by atoms with Gasteiger partial charge in [-0.1, -0.05) is 0 Å². The number of hydrogen-bond acceptors (Lipinski definition) is 3. The highest BCUT2D eigenvalue weighted by atomic mass is 127. The zero-order chi connectivity index (χ0) is 19.7. The van der Waals surface area contributed by atoms with E-state index in [2.05, 4.69) is 10.3 Å². The fraction of sp³-hybridized carbons (Fsp3) is 0.882. The number of alkyl halides is 3. The molecule has 1 saturated heterocycles. The van der Waals surface area contributed by atoms with Crippen LogP contribution in [0.15, 0.2) is 4.99 Å². The molecule has 6 nitrogen and oxygen atoms in total. The second kappa shape index (κ2) is 12.6. The van der Waals surface area contributed by atoms with Gasteiger partial charge in [0.25, 0.3) is 0 Å². The number of rotatable bonds is 8. The first-order valence-corrected chi connectivity index (χ1v) is 9.26. The molecule has 1 aliphatic heterocycles. The molecule has 0 aromatic heterocycles. The van der Waals surface area contributed by atoms with Crippen molar-refractivity contribution < 1.29 is 18.0 Å². The molecule has 0 aliphatic carbocycles. The summed E-state index contributed by atoms with van der Waals surface area (Å²) < 4.78 is 37.4. The Morgan fingerprint density at radius 3 is 2.41 bits per heavy atom. The maximum atomic E-state index is 12.5. The van der Waals surface area contributed by atoms with E-state index in [4.69, 9.17) is 0 Å². The minimum atomic E-state index is -4.15. The summed E-state index contributed by atoms with van der Waals surface area (Å²) in [6.45, 7) is 8.48. The predicted molar refractivity (Wildman–Crippen MR) is 113 cm³/mol. The molecule has 0 bridgehead atoms. The summed E-state index contributed by atoms with van der Waals surface area (Å²) in [5.41, 5.74) is 0. The molecule has 1 fully saturated rings. The van der Waals surface area contributed by atoms with Crippen LogP contribution in [0.5, 0.6) is 0 Å². The minimum absolute atomic E-state index is 0. The highest BCUT2D eigenvalue weighted by Gasteiger charge is 2.34. The number of guanidine groups is 1. The average molecular weight is 507 g/mol. The fourth-order valence-corrected chi connectivity index (χ4v) is 3.10. The number of nitrogens with one attached hydrogen (secondary N) is 1. The van der Waals surface area contributed by atoms with Crippen molar-refractivity contribution in [2.24, 2.45) is 10.9 Å². The molecule has 1 N–H and O–H groups in total. The van der Waals surface area contributed by atoms with Crippen LogP contribution in [-0.2, 0) is 4.79 Å². The van der Waals surface area contributed by atoms with Crippen LogP contribution >= 0.6 is 24.0 Å². The first kappa shape index (κ1) is 26.2. The summed E-state index contributed by atoms with van der Waals surface area (Å²) in [5, 5.41) is 3.15. The average Bonchev–Trinajstić information content (AvgIpc) is 2.97. The molecule has 1 atom stereocenters. The van der Waals surface area contributed by atoms with E-state index >= 15 is 0 Å². The Kier molecular flexibility index (Phi) is 12.3. The molecule has 0 aromatic carbocycles. The van der Waals surface area contributed by atoms with Gasteiger partial charge in [0.05, 0.1) is 13.1 Å². The Bertz CT molecular complexity index is 472. The third kappa shape index (κ3) is 9.82.